The van der Waals surface area contributed by atoms with Gasteiger partial charge in [-0.2, -0.15) is 0 Å². The van der Waals surface area contributed by atoms with Crippen LogP contribution in [0.1, 0.15) is 50.5 Å². The zero-order chi connectivity index (χ0) is 22.3. The molecule has 32 heavy (non-hydrogen) atoms. The molecule has 3 N–H and O–H groups in total. The average Bonchev–Trinajstić information content (AvgIpc) is 3.31. The molecular formula is C24H35N3O5. The first-order valence-corrected chi connectivity index (χ1v) is 11.9. The molecule has 176 valence electrons. The van der Waals surface area contributed by atoms with E-state index in [1.165, 1.54) is 25.7 Å². The highest BCUT2D eigenvalue weighted by Crippen LogP contribution is 2.31. The highest BCUT2D eigenvalue weighted by atomic mass is 16.5. The van der Waals surface area contributed by atoms with Crippen LogP contribution in [0.2, 0.25) is 0 Å². The van der Waals surface area contributed by atoms with E-state index in [9.17, 15) is 14.7 Å². The second kappa shape index (κ2) is 11.0. The van der Waals surface area contributed by atoms with Crippen molar-refractivity contribution in [1.29, 1.82) is 0 Å². The fourth-order valence-electron chi connectivity index (χ4n) is 4.90. The summed E-state index contributed by atoms with van der Waals surface area (Å²) >= 11 is 0. The largest absolute Gasteiger partial charge is 0.490 e. The Morgan fingerprint density at radius 1 is 1.19 bits per heavy atom. The second-order valence-corrected chi connectivity index (χ2v) is 9.26. The van der Waals surface area contributed by atoms with E-state index in [1.54, 1.807) is 0 Å². The maximum atomic E-state index is 12.0. The Kier molecular flexibility index (Phi) is 7.86. The molecule has 1 saturated heterocycles. The summed E-state index contributed by atoms with van der Waals surface area (Å²) in [5.74, 6) is 1.28. The van der Waals surface area contributed by atoms with Crippen LogP contribution in [0.4, 0.5) is 10.5 Å². The maximum Gasteiger partial charge on any atom is 0.407 e. The van der Waals surface area contributed by atoms with Crippen LogP contribution in [-0.2, 0) is 16.0 Å². The predicted molar refractivity (Wildman–Crippen MR) is 121 cm³/mol. The first kappa shape index (κ1) is 22.9. The lowest BCUT2D eigenvalue weighted by Crippen LogP contribution is -2.47. The van der Waals surface area contributed by atoms with Crippen molar-refractivity contribution in [3.05, 3.63) is 23.8 Å². The topological polar surface area (TPSA) is 100 Å². The van der Waals surface area contributed by atoms with Crippen LogP contribution in [-0.4, -0.2) is 67.0 Å². The van der Waals surface area contributed by atoms with Crippen LogP contribution in [0.3, 0.4) is 0 Å². The molecular weight excluding hydrogens is 410 g/mol. The molecule has 2 aliphatic heterocycles. The number of likely N-dealkylation sites (tertiary alicyclic amines) is 1. The third kappa shape index (κ3) is 6.36. The number of carbonyl (C=O) groups is 2. The first-order chi connectivity index (χ1) is 15.6. The van der Waals surface area contributed by atoms with E-state index in [4.69, 9.17) is 9.47 Å². The molecule has 1 atom stereocenters. The molecule has 0 spiro atoms. The number of nitrogens with one attached hydrogen (secondary N) is 2. The van der Waals surface area contributed by atoms with Crippen LogP contribution in [0.5, 0.6) is 5.75 Å². The van der Waals surface area contributed by atoms with Crippen LogP contribution in [0, 0.1) is 5.92 Å². The lowest BCUT2D eigenvalue weighted by Gasteiger charge is -2.33. The number of β-amino-alcohol motifs (C(OH)–C–C–N with tert-alkyl or cyclic N) is 1. The quantitative estimate of drug-likeness (QED) is 0.569. The molecule has 0 aromatic heterocycles. The Morgan fingerprint density at radius 3 is 2.75 bits per heavy atom. The summed E-state index contributed by atoms with van der Waals surface area (Å²) in [7, 11) is 0. The van der Waals surface area contributed by atoms with Gasteiger partial charge in [0.15, 0.2) is 0 Å². The predicted octanol–water partition coefficient (Wildman–Crippen LogP) is 2.69. The van der Waals surface area contributed by atoms with Gasteiger partial charge in [0.1, 0.15) is 18.5 Å². The van der Waals surface area contributed by atoms with Gasteiger partial charge in [-0.1, -0.05) is 18.9 Å². The Bertz CT molecular complexity index is 788. The number of aliphatic hydroxyl groups excluding tert-OH is 1. The van der Waals surface area contributed by atoms with Crippen molar-refractivity contribution < 1.29 is 24.2 Å². The normalized spacial score (nSPS) is 21.0. The van der Waals surface area contributed by atoms with E-state index >= 15 is 0 Å². The van der Waals surface area contributed by atoms with Crippen LogP contribution >= 0.6 is 0 Å². The number of amides is 2. The summed E-state index contributed by atoms with van der Waals surface area (Å²) in [6, 6.07) is 5.73. The van der Waals surface area contributed by atoms with Crippen LogP contribution < -0.4 is 15.4 Å². The number of hydrogen-bond donors (Lipinski definition) is 3. The van der Waals surface area contributed by atoms with Gasteiger partial charge in [-0.25, -0.2) is 4.79 Å². The molecule has 2 fully saturated rings. The van der Waals surface area contributed by atoms with E-state index in [2.05, 4.69) is 15.5 Å². The molecule has 8 heteroatoms. The van der Waals surface area contributed by atoms with Crippen molar-refractivity contribution in [2.75, 3.05) is 38.2 Å². The molecule has 3 aliphatic rings. The number of piperidine rings is 1. The smallest absolute Gasteiger partial charge is 0.407 e. The molecule has 0 bridgehead atoms. The van der Waals surface area contributed by atoms with Gasteiger partial charge in [-0.3, -0.25) is 4.79 Å². The average molecular weight is 446 g/mol. The fraction of sp³-hybridized carbons (Fsp3) is 0.667. The number of alkyl carbamates (subject to hydrolysis) is 1. The summed E-state index contributed by atoms with van der Waals surface area (Å²) in [5.41, 5.74) is 1.79. The summed E-state index contributed by atoms with van der Waals surface area (Å²) in [6.07, 6.45) is 6.71. The van der Waals surface area contributed by atoms with Gasteiger partial charge in [-0.05, 0) is 50.2 Å². The molecule has 4 rings (SSSR count). The van der Waals surface area contributed by atoms with Crippen LogP contribution in [0.15, 0.2) is 18.2 Å². The van der Waals surface area contributed by atoms with E-state index in [0.29, 0.717) is 31.9 Å². The lowest BCUT2D eigenvalue weighted by atomic mass is 10.0. The van der Waals surface area contributed by atoms with Gasteiger partial charge in [0.2, 0.25) is 5.91 Å². The highest BCUT2D eigenvalue weighted by molar-refractivity contribution is 5.94. The minimum Gasteiger partial charge on any atom is -0.490 e. The van der Waals surface area contributed by atoms with Crippen molar-refractivity contribution in [3.63, 3.8) is 0 Å². The standard InChI is InChI=1S/C24H35N3O5/c28-19(16-31-22-7-3-6-21-20(22)8-9-23(29)26-21)14-27-12-10-18(11-13-27)25-24(30)32-15-17-4-1-2-5-17/h3,6-7,17-19,28H,1-2,4-5,8-16H2,(H,25,30)(H,26,29). The molecule has 1 aliphatic carbocycles. The van der Waals surface area contributed by atoms with E-state index < -0.39 is 6.10 Å². The molecule has 1 unspecified atom stereocenters. The Labute approximate surface area is 189 Å². The Morgan fingerprint density at radius 2 is 1.97 bits per heavy atom. The Balaban J connectivity index is 1.14. The van der Waals surface area contributed by atoms with E-state index in [0.717, 1.165) is 42.9 Å². The second-order valence-electron chi connectivity index (χ2n) is 9.26. The summed E-state index contributed by atoms with van der Waals surface area (Å²) in [5, 5.41) is 16.3. The number of aliphatic hydroxyl groups is 1. The first-order valence-electron chi connectivity index (χ1n) is 11.9. The molecule has 1 saturated carbocycles. The van der Waals surface area contributed by atoms with Gasteiger partial charge in [0.05, 0.1) is 6.61 Å². The highest BCUT2D eigenvalue weighted by Gasteiger charge is 2.24. The number of fused-ring (bicyclic) bond motifs is 1. The van der Waals surface area contributed by atoms with E-state index in [1.807, 2.05) is 18.2 Å². The van der Waals surface area contributed by atoms with Gasteiger partial charge in [0.25, 0.3) is 0 Å². The summed E-state index contributed by atoms with van der Waals surface area (Å²) in [6.45, 7) is 2.91. The van der Waals surface area contributed by atoms with Crippen molar-refractivity contribution in [3.8, 4) is 5.75 Å². The van der Waals surface area contributed by atoms with Crippen LogP contribution in [0.25, 0.3) is 0 Å². The molecule has 2 amide bonds. The molecule has 1 aromatic carbocycles. The Hall–Kier alpha value is -2.32. The fourth-order valence-corrected chi connectivity index (χ4v) is 4.90. The van der Waals surface area contributed by atoms with Crippen molar-refractivity contribution in [2.45, 2.75) is 63.5 Å². The molecule has 8 nitrogen and oxygen atoms in total. The number of hydrogen-bond acceptors (Lipinski definition) is 6. The minimum atomic E-state index is -0.607. The van der Waals surface area contributed by atoms with E-state index in [-0.39, 0.29) is 24.6 Å². The number of carbonyl (C=O) groups excluding carboxylic acids is 2. The summed E-state index contributed by atoms with van der Waals surface area (Å²) in [4.78, 5) is 25.8. The van der Waals surface area contributed by atoms with Gasteiger partial charge >= 0.3 is 6.09 Å². The zero-order valence-corrected chi connectivity index (χ0v) is 18.7. The lowest BCUT2D eigenvalue weighted by molar-refractivity contribution is -0.116. The molecule has 1 aromatic rings. The number of rotatable bonds is 8. The number of nitrogens with zero attached hydrogens (tertiary/aromatic N) is 1. The number of ether oxygens (including phenoxy) is 2. The van der Waals surface area contributed by atoms with Crippen molar-refractivity contribution in [1.82, 2.24) is 10.2 Å². The molecule has 0 radical (unpaired) electrons. The van der Waals surface area contributed by atoms with Gasteiger partial charge < -0.3 is 30.1 Å². The summed E-state index contributed by atoms with van der Waals surface area (Å²) < 4.78 is 11.3. The van der Waals surface area contributed by atoms with Gasteiger partial charge in [-0.15, -0.1) is 0 Å². The van der Waals surface area contributed by atoms with Gasteiger partial charge in [0, 0.05) is 43.3 Å². The zero-order valence-electron chi connectivity index (χ0n) is 18.7. The SMILES string of the molecule is O=C1CCc2c(cccc2OCC(O)CN2CCC(NC(=O)OCC3CCCC3)CC2)N1. The monoisotopic (exact) mass is 445 g/mol. The minimum absolute atomic E-state index is 0.0228. The number of benzene rings is 1. The third-order valence-corrected chi connectivity index (χ3v) is 6.74. The number of anilines is 1. The third-order valence-electron chi connectivity index (χ3n) is 6.74. The maximum absolute atomic E-state index is 12.0. The van der Waals surface area contributed by atoms with Crippen molar-refractivity contribution in [2.24, 2.45) is 5.92 Å². The molecule has 2 heterocycles. The van der Waals surface area contributed by atoms with Crippen molar-refractivity contribution >= 4 is 17.7 Å².